The van der Waals surface area contributed by atoms with Crippen LogP contribution in [-0.2, 0) is 22.7 Å². The Bertz CT molecular complexity index is 994. The average Bonchev–Trinajstić information content (AvgIpc) is 2.95. The number of benzene rings is 2. The van der Waals surface area contributed by atoms with Crippen molar-refractivity contribution >= 4 is 5.97 Å². The third kappa shape index (κ3) is 5.02. The van der Waals surface area contributed by atoms with Gasteiger partial charge < -0.3 is 24.2 Å². The van der Waals surface area contributed by atoms with Crippen LogP contribution in [-0.4, -0.2) is 49.8 Å². The number of methoxy groups -OCH3 is 2. The Hall–Kier alpha value is -2.57. The highest BCUT2D eigenvalue weighted by Gasteiger charge is 2.36. The maximum atomic E-state index is 11.6. The van der Waals surface area contributed by atoms with Crippen LogP contribution in [0.15, 0.2) is 36.4 Å². The number of carbonyl (C=O) groups is 1. The fourth-order valence-corrected chi connectivity index (χ4v) is 5.27. The molecule has 33 heavy (non-hydrogen) atoms. The second-order valence-electron chi connectivity index (χ2n) is 9.94. The van der Waals surface area contributed by atoms with Gasteiger partial charge in [0.25, 0.3) is 0 Å². The first kappa shape index (κ1) is 23.6. The molecule has 0 aromatic heterocycles. The Kier molecular flexibility index (Phi) is 6.96. The maximum Gasteiger partial charge on any atom is 0.310 e. The SMILES string of the molecule is COCc1ccc2c(c1)COc1ccc(OC)cc1C2C1CCN(CC(C)(C)C(=O)O)CC1. The van der Waals surface area contributed by atoms with Crippen LogP contribution < -0.4 is 9.47 Å². The van der Waals surface area contributed by atoms with Crippen LogP contribution in [0.1, 0.15) is 54.9 Å². The smallest absolute Gasteiger partial charge is 0.310 e. The molecule has 2 aliphatic rings. The van der Waals surface area contributed by atoms with Crippen LogP contribution in [0.5, 0.6) is 11.5 Å². The fraction of sp³-hybridized carbons (Fsp3) is 0.519. The second kappa shape index (κ2) is 9.74. The highest BCUT2D eigenvalue weighted by Crippen LogP contribution is 2.46. The van der Waals surface area contributed by atoms with Crippen molar-refractivity contribution in [3.63, 3.8) is 0 Å². The van der Waals surface area contributed by atoms with Crippen molar-refractivity contribution in [2.75, 3.05) is 33.9 Å². The van der Waals surface area contributed by atoms with Crippen molar-refractivity contribution < 1.29 is 24.1 Å². The van der Waals surface area contributed by atoms with Gasteiger partial charge in [0.15, 0.2) is 0 Å². The zero-order chi connectivity index (χ0) is 23.6. The van der Waals surface area contributed by atoms with E-state index < -0.39 is 11.4 Å². The Morgan fingerprint density at radius 1 is 1.12 bits per heavy atom. The third-order valence-corrected chi connectivity index (χ3v) is 7.09. The van der Waals surface area contributed by atoms with Crippen molar-refractivity contribution in [2.24, 2.45) is 11.3 Å². The number of hydrogen-bond acceptors (Lipinski definition) is 5. The van der Waals surface area contributed by atoms with Crippen molar-refractivity contribution in [1.29, 1.82) is 0 Å². The molecule has 0 aliphatic carbocycles. The molecule has 4 rings (SSSR count). The molecule has 1 fully saturated rings. The summed E-state index contributed by atoms with van der Waals surface area (Å²) in [6, 6.07) is 12.7. The van der Waals surface area contributed by atoms with Gasteiger partial charge >= 0.3 is 5.97 Å². The number of nitrogens with zero attached hydrogens (tertiary/aromatic N) is 1. The molecule has 1 saturated heterocycles. The van der Waals surface area contributed by atoms with Crippen molar-refractivity contribution in [1.82, 2.24) is 4.90 Å². The summed E-state index contributed by atoms with van der Waals surface area (Å²) in [7, 11) is 3.41. The summed E-state index contributed by atoms with van der Waals surface area (Å²) in [5.74, 6) is 1.65. The van der Waals surface area contributed by atoms with E-state index in [2.05, 4.69) is 29.2 Å². The van der Waals surface area contributed by atoms with Crippen LogP contribution in [0.3, 0.4) is 0 Å². The van der Waals surface area contributed by atoms with Gasteiger partial charge in [0.1, 0.15) is 18.1 Å². The Morgan fingerprint density at radius 3 is 2.55 bits per heavy atom. The Morgan fingerprint density at radius 2 is 1.88 bits per heavy atom. The highest BCUT2D eigenvalue weighted by atomic mass is 16.5. The average molecular weight is 454 g/mol. The number of likely N-dealkylation sites (tertiary alicyclic amines) is 1. The molecule has 6 heteroatoms. The number of hydrogen-bond donors (Lipinski definition) is 1. The minimum Gasteiger partial charge on any atom is -0.497 e. The predicted molar refractivity (Wildman–Crippen MR) is 127 cm³/mol. The molecule has 0 amide bonds. The van der Waals surface area contributed by atoms with Gasteiger partial charge in [-0.15, -0.1) is 0 Å². The van der Waals surface area contributed by atoms with Crippen LogP contribution in [0, 0.1) is 11.3 Å². The molecule has 0 spiro atoms. The zero-order valence-electron chi connectivity index (χ0n) is 20.1. The molecule has 2 aromatic rings. The number of fused-ring (bicyclic) bond motifs is 2. The fourth-order valence-electron chi connectivity index (χ4n) is 5.27. The molecule has 2 aromatic carbocycles. The predicted octanol–water partition coefficient (Wildman–Crippen LogP) is 4.69. The number of carboxylic acid groups (broad SMARTS) is 1. The van der Waals surface area contributed by atoms with E-state index in [0.29, 0.717) is 25.7 Å². The van der Waals surface area contributed by atoms with Crippen molar-refractivity contribution in [2.45, 2.75) is 45.8 Å². The van der Waals surface area contributed by atoms with Gasteiger partial charge in [-0.1, -0.05) is 12.1 Å². The molecule has 2 aliphatic heterocycles. The summed E-state index contributed by atoms with van der Waals surface area (Å²) in [6.45, 7) is 7.10. The van der Waals surface area contributed by atoms with E-state index in [1.165, 1.54) is 16.7 Å². The molecular formula is C27H35NO5. The molecule has 178 valence electrons. The van der Waals surface area contributed by atoms with Crippen LogP contribution >= 0.6 is 0 Å². The van der Waals surface area contributed by atoms with Gasteiger partial charge in [0, 0.05) is 25.1 Å². The van der Waals surface area contributed by atoms with Gasteiger partial charge in [0.2, 0.25) is 0 Å². The lowest BCUT2D eigenvalue weighted by Crippen LogP contribution is -2.43. The number of aliphatic carboxylic acids is 1. The third-order valence-electron chi connectivity index (χ3n) is 7.09. The zero-order valence-corrected chi connectivity index (χ0v) is 20.1. The van der Waals surface area contributed by atoms with Gasteiger partial charge in [-0.2, -0.15) is 0 Å². The number of carboxylic acids is 1. The quantitative estimate of drug-likeness (QED) is 0.656. The van der Waals surface area contributed by atoms with Gasteiger partial charge in [-0.3, -0.25) is 4.79 Å². The topological polar surface area (TPSA) is 68.2 Å². The molecule has 2 heterocycles. The van der Waals surface area contributed by atoms with E-state index in [0.717, 1.165) is 43.0 Å². The van der Waals surface area contributed by atoms with E-state index in [4.69, 9.17) is 14.2 Å². The molecule has 1 N–H and O–H groups in total. The highest BCUT2D eigenvalue weighted by molar-refractivity contribution is 5.73. The monoisotopic (exact) mass is 453 g/mol. The van der Waals surface area contributed by atoms with E-state index in [1.54, 1.807) is 28.1 Å². The second-order valence-corrected chi connectivity index (χ2v) is 9.94. The molecular weight excluding hydrogens is 418 g/mol. The molecule has 0 radical (unpaired) electrons. The van der Waals surface area contributed by atoms with Crippen molar-refractivity contribution in [3.05, 3.63) is 58.7 Å². The molecule has 1 unspecified atom stereocenters. The molecule has 0 saturated carbocycles. The van der Waals surface area contributed by atoms with Crippen molar-refractivity contribution in [3.8, 4) is 11.5 Å². The number of rotatable bonds is 7. The molecule has 1 atom stereocenters. The summed E-state index contributed by atoms with van der Waals surface area (Å²) in [5.41, 5.74) is 4.10. The van der Waals surface area contributed by atoms with Gasteiger partial charge in [0.05, 0.1) is 19.1 Å². The van der Waals surface area contributed by atoms with E-state index >= 15 is 0 Å². The lowest BCUT2D eigenvalue weighted by atomic mass is 9.74. The lowest BCUT2D eigenvalue weighted by molar-refractivity contribution is -0.148. The molecule has 0 bridgehead atoms. The maximum absolute atomic E-state index is 11.6. The first-order valence-electron chi connectivity index (χ1n) is 11.7. The van der Waals surface area contributed by atoms with Gasteiger partial charge in [-0.25, -0.2) is 0 Å². The lowest BCUT2D eigenvalue weighted by Gasteiger charge is -2.39. The summed E-state index contributed by atoms with van der Waals surface area (Å²) < 4.78 is 17.2. The summed E-state index contributed by atoms with van der Waals surface area (Å²) in [5, 5.41) is 9.53. The largest absolute Gasteiger partial charge is 0.497 e. The van der Waals surface area contributed by atoms with Gasteiger partial charge in [-0.05, 0) is 86.7 Å². The van der Waals surface area contributed by atoms with E-state index in [1.807, 2.05) is 12.1 Å². The first-order valence-corrected chi connectivity index (χ1v) is 11.7. The van der Waals surface area contributed by atoms with E-state index in [-0.39, 0.29) is 5.92 Å². The van der Waals surface area contributed by atoms with E-state index in [9.17, 15) is 9.90 Å². The number of ether oxygens (including phenoxy) is 3. The van der Waals surface area contributed by atoms with Crippen LogP contribution in [0.4, 0.5) is 0 Å². The minimum absolute atomic E-state index is 0.207. The summed E-state index contributed by atoms with van der Waals surface area (Å²) >= 11 is 0. The Labute approximate surface area is 196 Å². The normalized spacial score (nSPS) is 19.2. The van der Waals surface area contributed by atoms with Crippen LogP contribution in [0.25, 0.3) is 0 Å². The standard InChI is InChI=1S/C27H35NO5/c1-27(2,26(29)30)17-28-11-9-19(10-12-28)25-22-7-5-18(15-31-3)13-20(22)16-33-24-8-6-21(32-4)14-23(24)25/h5-8,13-14,19,25H,9-12,15-17H2,1-4H3,(H,29,30). The number of piperidine rings is 1. The summed E-state index contributed by atoms with van der Waals surface area (Å²) in [6.07, 6.45) is 2.02. The first-order chi connectivity index (χ1) is 15.8. The Balaban J connectivity index is 1.65. The molecule has 6 nitrogen and oxygen atoms in total. The van der Waals surface area contributed by atoms with Crippen LogP contribution in [0.2, 0.25) is 0 Å². The summed E-state index contributed by atoms with van der Waals surface area (Å²) in [4.78, 5) is 13.9. The minimum atomic E-state index is -0.743.